The van der Waals surface area contributed by atoms with Crippen molar-refractivity contribution in [1.82, 2.24) is 0 Å². The minimum Gasteiger partial charge on any atom is -0.262 e. The summed E-state index contributed by atoms with van der Waals surface area (Å²) in [6.07, 6.45) is 0. The molecule has 0 saturated carbocycles. The Balaban J connectivity index is 2.09. The highest BCUT2D eigenvalue weighted by Crippen LogP contribution is 2.28. The van der Waals surface area contributed by atoms with Crippen LogP contribution in [0.2, 0.25) is 0 Å². The lowest BCUT2D eigenvalue weighted by Gasteiger charge is -2.25. The molecule has 5 heteroatoms. The lowest BCUT2D eigenvalue weighted by atomic mass is 10.1. The summed E-state index contributed by atoms with van der Waals surface area (Å²) in [6.45, 7) is 4.28. The summed E-state index contributed by atoms with van der Waals surface area (Å²) in [7, 11) is -3.67. The van der Waals surface area contributed by atoms with Gasteiger partial charge in [0.15, 0.2) is 0 Å². The minimum atomic E-state index is -3.67. The molecule has 0 amide bonds. The quantitative estimate of drug-likeness (QED) is 0.539. The van der Waals surface area contributed by atoms with Gasteiger partial charge in [0.1, 0.15) is 0 Å². The molecular weight excluding hydrogens is 410 g/mol. The van der Waals surface area contributed by atoms with Gasteiger partial charge >= 0.3 is 0 Å². The average Bonchev–Trinajstić information content (AvgIpc) is 2.64. The Kier molecular flexibility index (Phi) is 5.49. The van der Waals surface area contributed by atoms with Crippen LogP contribution >= 0.6 is 15.9 Å². The molecule has 3 aromatic rings. The van der Waals surface area contributed by atoms with Crippen molar-refractivity contribution in [3.63, 3.8) is 0 Å². The van der Waals surface area contributed by atoms with E-state index < -0.39 is 10.0 Å². The second kappa shape index (κ2) is 7.64. The second-order valence-corrected chi connectivity index (χ2v) is 9.00. The zero-order chi connectivity index (χ0) is 18.7. The van der Waals surface area contributed by atoms with Crippen LogP contribution in [-0.2, 0) is 16.6 Å². The smallest absolute Gasteiger partial charge is 0.262 e. The maximum atomic E-state index is 13.3. The molecule has 0 fully saturated rings. The molecule has 0 N–H and O–H groups in total. The standard InChI is InChI=1S/C21H20BrNO2S/c1-16-8-13-20(14-17(16)2)23(15-18-9-11-19(22)12-10-18)26(24,25)21-6-4-3-5-7-21/h3-14H,15H2,1-2H3. The number of aryl methyl sites for hydroxylation is 2. The number of anilines is 1. The van der Waals surface area contributed by atoms with Crippen molar-refractivity contribution in [2.45, 2.75) is 25.3 Å². The van der Waals surface area contributed by atoms with E-state index in [-0.39, 0.29) is 11.4 Å². The lowest BCUT2D eigenvalue weighted by molar-refractivity contribution is 0.590. The van der Waals surface area contributed by atoms with Crippen molar-refractivity contribution >= 4 is 31.6 Å². The fourth-order valence-corrected chi connectivity index (χ4v) is 4.40. The highest BCUT2D eigenvalue weighted by atomic mass is 79.9. The predicted molar refractivity (Wildman–Crippen MR) is 110 cm³/mol. The van der Waals surface area contributed by atoms with E-state index in [2.05, 4.69) is 15.9 Å². The SMILES string of the molecule is Cc1ccc(N(Cc2ccc(Br)cc2)S(=O)(=O)c2ccccc2)cc1C. The van der Waals surface area contributed by atoms with Crippen LogP contribution in [0.3, 0.4) is 0 Å². The van der Waals surface area contributed by atoms with Crippen LogP contribution in [0.25, 0.3) is 0 Å². The summed E-state index contributed by atoms with van der Waals surface area (Å²) in [6, 6.07) is 22.0. The number of nitrogens with zero attached hydrogens (tertiary/aromatic N) is 1. The fourth-order valence-electron chi connectivity index (χ4n) is 2.67. The molecule has 3 nitrogen and oxygen atoms in total. The highest BCUT2D eigenvalue weighted by molar-refractivity contribution is 9.10. The van der Waals surface area contributed by atoms with Gasteiger partial charge in [-0.3, -0.25) is 4.31 Å². The largest absolute Gasteiger partial charge is 0.264 e. The van der Waals surface area contributed by atoms with Crippen molar-refractivity contribution in [2.75, 3.05) is 4.31 Å². The first kappa shape index (κ1) is 18.7. The summed E-state index contributed by atoms with van der Waals surface area (Å²) in [5.41, 5.74) is 3.78. The van der Waals surface area contributed by atoms with Gasteiger partial charge in [0.2, 0.25) is 0 Å². The molecule has 0 aliphatic heterocycles. The van der Waals surface area contributed by atoms with Crippen molar-refractivity contribution in [2.24, 2.45) is 0 Å². The molecule has 0 aliphatic rings. The Hall–Kier alpha value is -2.11. The van der Waals surface area contributed by atoms with E-state index in [0.717, 1.165) is 21.2 Å². The third kappa shape index (κ3) is 4.00. The Labute approximate surface area is 163 Å². The lowest BCUT2D eigenvalue weighted by Crippen LogP contribution is -2.30. The first-order chi connectivity index (χ1) is 12.4. The Morgan fingerprint density at radius 2 is 1.50 bits per heavy atom. The second-order valence-electron chi connectivity index (χ2n) is 6.22. The number of rotatable bonds is 5. The van der Waals surface area contributed by atoms with Crippen LogP contribution in [0.4, 0.5) is 5.69 Å². The summed E-state index contributed by atoms with van der Waals surface area (Å²) in [4.78, 5) is 0.287. The van der Waals surface area contributed by atoms with Gasteiger partial charge in [-0.15, -0.1) is 0 Å². The first-order valence-electron chi connectivity index (χ1n) is 8.27. The fraction of sp³-hybridized carbons (Fsp3) is 0.143. The van der Waals surface area contributed by atoms with E-state index in [1.54, 1.807) is 24.3 Å². The van der Waals surface area contributed by atoms with E-state index in [1.807, 2.05) is 62.4 Å². The molecule has 26 heavy (non-hydrogen) atoms. The Bertz CT molecular complexity index is 1000. The third-order valence-corrected chi connectivity index (χ3v) is 6.67. The summed E-state index contributed by atoms with van der Waals surface area (Å²) in [5, 5.41) is 0. The van der Waals surface area contributed by atoms with Crippen LogP contribution in [-0.4, -0.2) is 8.42 Å². The van der Waals surface area contributed by atoms with Gasteiger partial charge < -0.3 is 0 Å². The predicted octanol–water partition coefficient (Wildman–Crippen LogP) is 5.46. The van der Waals surface area contributed by atoms with Crippen LogP contribution in [0, 0.1) is 13.8 Å². The molecule has 134 valence electrons. The number of sulfonamides is 1. The number of hydrogen-bond acceptors (Lipinski definition) is 2. The van der Waals surface area contributed by atoms with Crippen molar-refractivity contribution < 1.29 is 8.42 Å². The van der Waals surface area contributed by atoms with E-state index in [4.69, 9.17) is 0 Å². The van der Waals surface area contributed by atoms with Gasteiger partial charge in [-0.25, -0.2) is 8.42 Å². The Morgan fingerprint density at radius 3 is 2.12 bits per heavy atom. The van der Waals surface area contributed by atoms with Crippen molar-refractivity contribution in [1.29, 1.82) is 0 Å². The molecular formula is C21H20BrNO2S. The molecule has 3 aromatic carbocycles. The topological polar surface area (TPSA) is 37.4 Å². The molecule has 0 bridgehead atoms. The van der Waals surface area contributed by atoms with Gasteiger partial charge in [0.25, 0.3) is 10.0 Å². The molecule has 0 aromatic heterocycles. The Morgan fingerprint density at radius 1 is 0.846 bits per heavy atom. The zero-order valence-corrected chi connectivity index (χ0v) is 17.1. The van der Waals surface area contributed by atoms with Gasteiger partial charge in [-0.2, -0.15) is 0 Å². The van der Waals surface area contributed by atoms with Crippen LogP contribution in [0.15, 0.2) is 82.2 Å². The third-order valence-electron chi connectivity index (χ3n) is 4.35. The number of benzene rings is 3. The van der Waals surface area contributed by atoms with Gasteiger partial charge in [-0.1, -0.05) is 52.3 Å². The zero-order valence-electron chi connectivity index (χ0n) is 14.7. The average molecular weight is 430 g/mol. The molecule has 3 rings (SSSR count). The van der Waals surface area contributed by atoms with Crippen LogP contribution in [0.1, 0.15) is 16.7 Å². The molecule has 0 aliphatic carbocycles. The monoisotopic (exact) mass is 429 g/mol. The summed E-state index contributed by atoms with van der Waals surface area (Å²) >= 11 is 3.42. The van der Waals surface area contributed by atoms with E-state index in [0.29, 0.717) is 5.69 Å². The van der Waals surface area contributed by atoms with E-state index in [9.17, 15) is 8.42 Å². The number of hydrogen-bond donors (Lipinski definition) is 0. The molecule has 0 atom stereocenters. The van der Waals surface area contributed by atoms with Gasteiger partial charge in [0.05, 0.1) is 17.1 Å². The molecule has 0 heterocycles. The van der Waals surface area contributed by atoms with E-state index in [1.165, 1.54) is 4.31 Å². The summed E-state index contributed by atoms with van der Waals surface area (Å²) in [5.74, 6) is 0. The molecule has 0 unspecified atom stereocenters. The summed E-state index contributed by atoms with van der Waals surface area (Å²) < 4.78 is 29.1. The van der Waals surface area contributed by atoms with Crippen LogP contribution < -0.4 is 4.31 Å². The molecule has 0 saturated heterocycles. The maximum Gasteiger partial charge on any atom is 0.264 e. The number of halogens is 1. The first-order valence-corrected chi connectivity index (χ1v) is 10.5. The maximum absolute atomic E-state index is 13.3. The van der Waals surface area contributed by atoms with Crippen molar-refractivity contribution in [3.8, 4) is 0 Å². The van der Waals surface area contributed by atoms with Crippen molar-refractivity contribution in [3.05, 3.63) is 94.0 Å². The van der Waals surface area contributed by atoms with E-state index >= 15 is 0 Å². The highest BCUT2D eigenvalue weighted by Gasteiger charge is 2.25. The molecule has 0 spiro atoms. The molecule has 0 radical (unpaired) electrons. The van der Waals surface area contributed by atoms with Gasteiger partial charge in [-0.05, 0) is 66.9 Å². The normalized spacial score (nSPS) is 11.3. The van der Waals surface area contributed by atoms with Crippen LogP contribution in [0.5, 0.6) is 0 Å². The minimum absolute atomic E-state index is 0.271. The van der Waals surface area contributed by atoms with Gasteiger partial charge in [0, 0.05) is 4.47 Å².